The maximum atomic E-state index is 8.94. The van der Waals surface area contributed by atoms with Crippen LogP contribution in [0.2, 0.25) is 5.02 Å². The molecule has 0 amide bonds. The highest BCUT2D eigenvalue weighted by Gasteiger charge is 2.20. The highest BCUT2D eigenvalue weighted by Crippen LogP contribution is 2.30. The Morgan fingerprint density at radius 1 is 1.33 bits per heavy atom. The number of nitrogens with two attached hydrogens (primary N) is 1. The highest BCUT2D eigenvalue weighted by molar-refractivity contribution is 6.32. The summed E-state index contributed by atoms with van der Waals surface area (Å²) in [5.74, 6) is 0.715. The summed E-state index contributed by atoms with van der Waals surface area (Å²) in [6.07, 6.45) is 5.74. The quantitative estimate of drug-likeness (QED) is 0.886. The summed E-state index contributed by atoms with van der Waals surface area (Å²) in [6.45, 7) is 2.01. The average molecular weight is 263 g/mol. The van der Waals surface area contributed by atoms with Crippen LogP contribution in [0.15, 0.2) is 12.1 Å². The Labute approximate surface area is 114 Å². The molecule has 2 N–H and O–H groups in total. The van der Waals surface area contributed by atoms with E-state index in [4.69, 9.17) is 22.6 Å². The Morgan fingerprint density at radius 3 is 2.61 bits per heavy atom. The van der Waals surface area contributed by atoms with Gasteiger partial charge in [-0.2, -0.15) is 5.26 Å². The molecule has 1 aliphatic rings. The first-order valence-electron chi connectivity index (χ1n) is 6.55. The van der Waals surface area contributed by atoms with Crippen LogP contribution in [0.4, 0.5) is 0 Å². The van der Waals surface area contributed by atoms with Crippen molar-refractivity contribution >= 4 is 11.6 Å². The molecule has 0 spiro atoms. The molecule has 1 fully saturated rings. The second-order valence-electron chi connectivity index (χ2n) is 5.31. The molecule has 0 atom stereocenters. The van der Waals surface area contributed by atoms with E-state index in [2.05, 4.69) is 6.07 Å². The van der Waals surface area contributed by atoms with Crippen LogP contribution in [-0.2, 0) is 6.42 Å². The minimum Gasteiger partial charge on any atom is -0.328 e. The molecule has 0 bridgehead atoms. The molecule has 0 aliphatic heterocycles. The lowest BCUT2D eigenvalue weighted by atomic mass is 9.82. The molecule has 0 aromatic heterocycles. The van der Waals surface area contributed by atoms with Crippen molar-refractivity contribution in [2.24, 2.45) is 11.7 Å². The maximum absolute atomic E-state index is 8.94. The van der Waals surface area contributed by atoms with Crippen LogP contribution in [-0.4, -0.2) is 6.04 Å². The fraction of sp³-hybridized carbons (Fsp3) is 0.533. The fourth-order valence-corrected chi connectivity index (χ4v) is 2.96. The minimum absolute atomic E-state index is 0.395. The minimum atomic E-state index is 0.395. The average Bonchev–Trinajstić information content (AvgIpc) is 2.38. The zero-order valence-electron chi connectivity index (χ0n) is 10.7. The Kier molecular flexibility index (Phi) is 4.27. The van der Waals surface area contributed by atoms with Crippen LogP contribution in [0.1, 0.15) is 42.4 Å². The summed E-state index contributed by atoms with van der Waals surface area (Å²) in [5.41, 5.74) is 8.84. The van der Waals surface area contributed by atoms with E-state index in [0.29, 0.717) is 22.5 Å². The molecule has 96 valence electrons. The molecular formula is C15H19ClN2. The van der Waals surface area contributed by atoms with Crippen molar-refractivity contribution < 1.29 is 0 Å². The Morgan fingerprint density at radius 2 is 2.00 bits per heavy atom. The van der Waals surface area contributed by atoms with Gasteiger partial charge in [-0.1, -0.05) is 17.7 Å². The smallest absolute Gasteiger partial charge is 0.101 e. The van der Waals surface area contributed by atoms with Gasteiger partial charge in [0.1, 0.15) is 6.07 Å². The number of benzene rings is 1. The normalized spacial score (nSPS) is 23.7. The van der Waals surface area contributed by atoms with Crippen molar-refractivity contribution in [3.05, 3.63) is 33.8 Å². The Balaban J connectivity index is 2.11. The van der Waals surface area contributed by atoms with Crippen molar-refractivity contribution in [3.63, 3.8) is 0 Å². The first-order chi connectivity index (χ1) is 8.61. The SMILES string of the molecule is Cc1c(CC2CCC(N)CC2)ccc(C#N)c1Cl. The van der Waals surface area contributed by atoms with Crippen LogP contribution in [0.25, 0.3) is 0 Å². The van der Waals surface area contributed by atoms with E-state index in [1.165, 1.54) is 18.4 Å². The summed E-state index contributed by atoms with van der Waals surface area (Å²) in [6, 6.07) is 6.40. The van der Waals surface area contributed by atoms with E-state index >= 15 is 0 Å². The van der Waals surface area contributed by atoms with Crippen molar-refractivity contribution in [1.82, 2.24) is 0 Å². The predicted molar refractivity (Wildman–Crippen MR) is 74.5 cm³/mol. The van der Waals surface area contributed by atoms with Crippen molar-refractivity contribution in [2.45, 2.75) is 45.1 Å². The molecule has 18 heavy (non-hydrogen) atoms. The van der Waals surface area contributed by atoms with Gasteiger partial charge in [-0.25, -0.2) is 0 Å². The third-order valence-corrected chi connectivity index (χ3v) is 4.51. The lowest BCUT2D eigenvalue weighted by molar-refractivity contribution is 0.324. The largest absolute Gasteiger partial charge is 0.328 e. The molecule has 1 aliphatic carbocycles. The molecular weight excluding hydrogens is 244 g/mol. The maximum Gasteiger partial charge on any atom is 0.101 e. The zero-order valence-corrected chi connectivity index (χ0v) is 11.5. The third-order valence-electron chi connectivity index (χ3n) is 4.02. The molecule has 1 aromatic carbocycles. The molecule has 1 aromatic rings. The standard InChI is InChI=1S/C15H19ClN2/c1-10-12(4-5-13(9-17)15(10)16)8-11-2-6-14(18)7-3-11/h4-5,11,14H,2-3,6-8,18H2,1H3. The fourth-order valence-electron chi connectivity index (χ4n) is 2.74. The number of nitriles is 1. The molecule has 2 rings (SSSR count). The molecule has 2 nitrogen and oxygen atoms in total. The lowest BCUT2D eigenvalue weighted by Crippen LogP contribution is -2.27. The van der Waals surface area contributed by atoms with Crippen LogP contribution in [0, 0.1) is 24.2 Å². The van der Waals surface area contributed by atoms with E-state index in [1.807, 2.05) is 19.1 Å². The first kappa shape index (κ1) is 13.4. The summed E-state index contributed by atoms with van der Waals surface area (Å²) in [4.78, 5) is 0. The third kappa shape index (κ3) is 2.85. The molecule has 0 heterocycles. The van der Waals surface area contributed by atoms with E-state index in [1.54, 1.807) is 0 Å². The first-order valence-corrected chi connectivity index (χ1v) is 6.93. The van der Waals surface area contributed by atoms with Crippen molar-refractivity contribution in [1.29, 1.82) is 5.26 Å². The van der Waals surface area contributed by atoms with E-state index in [-0.39, 0.29) is 0 Å². The van der Waals surface area contributed by atoms with Gasteiger partial charge in [0.2, 0.25) is 0 Å². The molecule has 0 saturated heterocycles. The number of rotatable bonds is 2. The van der Waals surface area contributed by atoms with Gasteiger partial charge in [-0.3, -0.25) is 0 Å². The summed E-state index contributed by atoms with van der Waals surface area (Å²) >= 11 is 6.20. The Hall–Kier alpha value is -1.04. The van der Waals surface area contributed by atoms with E-state index in [0.717, 1.165) is 24.8 Å². The Bertz CT molecular complexity index is 468. The van der Waals surface area contributed by atoms with Gasteiger partial charge in [0, 0.05) is 6.04 Å². The highest BCUT2D eigenvalue weighted by atomic mass is 35.5. The van der Waals surface area contributed by atoms with Gasteiger partial charge >= 0.3 is 0 Å². The van der Waals surface area contributed by atoms with Gasteiger partial charge in [-0.05, 0) is 62.1 Å². The second-order valence-corrected chi connectivity index (χ2v) is 5.69. The van der Waals surface area contributed by atoms with Crippen LogP contribution < -0.4 is 5.73 Å². The van der Waals surface area contributed by atoms with Crippen LogP contribution in [0.5, 0.6) is 0 Å². The molecule has 3 heteroatoms. The zero-order chi connectivity index (χ0) is 13.1. The molecule has 0 radical (unpaired) electrons. The van der Waals surface area contributed by atoms with Gasteiger partial charge in [0.25, 0.3) is 0 Å². The number of nitrogens with zero attached hydrogens (tertiary/aromatic N) is 1. The topological polar surface area (TPSA) is 49.8 Å². The van der Waals surface area contributed by atoms with Crippen LogP contribution in [0.3, 0.4) is 0 Å². The van der Waals surface area contributed by atoms with Crippen molar-refractivity contribution in [3.8, 4) is 6.07 Å². The summed E-state index contributed by atoms with van der Waals surface area (Å²) in [7, 11) is 0. The monoisotopic (exact) mass is 262 g/mol. The lowest BCUT2D eigenvalue weighted by Gasteiger charge is -2.26. The van der Waals surface area contributed by atoms with E-state index in [9.17, 15) is 0 Å². The van der Waals surface area contributed by atoms with Gasteiger partial charge in [0.05, 0.1) is 10.6 Å². The van der Waals surface area contributed by atoms with Crippen molar-refractivity contribution in [2.75, 3.05) is 0 Å². The van der Waals surface area contributed by atoms with Gasteiger partial charge in [-0.15, -0.1) is 0 Å². The number of halogens is 1. The second kappa shape index (κ2) is 5.73. The summed E-state index contributed by atoms with van der Waals surface area (Å²) in [5, 5.41) is 9.55. The predicted octanol–water partition coefficient (Wildman–Crippen LogP) is 3.58. The number of hydrogen-bond donors (Lipinski definition) is 1. The molecule has 1 saturated carbocycles. The summed E-state index contributed by atoms with van der Waals surface area (Å²) < 4.78 is 0. The molecule has 0 unspecified atom stereocenters. The van der Waals surface area contributed by atoms with E-state index < -0.39 is 0 Å². The van der Waals surface area contributed by atoms with Gasteiger partial charge in [0.15, 0.2) is 0 Å². The number of hydrogen-bond acceptors (Lipinski definition) is 2. The van der Waals surface area contributed by atoms with Crippen LogP contribution >= 0.6 is 11.6 Å². The van der Waals surface area contributed by atoms with Gasteiger partial charge < -0.3 is 5.73 Å².